The predicted octanol–water partition coefficient (Wildman–Crippen LogP) is 3.72. The Bertz CT molecular complexity index is 972. The highest BCUT2D eigenvalue weighted by atomic mass is 32.1. The molecule has 3 aromatic heterocycles. The molecule has 5 rings (SSSR count). The molecule has 4 aromatic rings. The number of pyridine rings is 1. The van der Waals surface area contributed by atoms with Crippen molar-refractivity contribution < 1.29 is 0 Å². The van der Waals surface area contributed by atoms with Gasteiger partial charge in [-0.3, -0.25) is 4.40 Å². The largest absolute Gasteiger partial charge is 0.347 e. The minimum Gasteiger partial charge on any atom is -0.347 e. The Labute approximate surface area is 143 Å². The maximum atomic E-state index is 4.82. The molecule has 0 aliphatic carbocycles. The zero-order chi connectivity index (χ0) is 15.9. The fourth-order valence-corrected chi connectivity index (χ4v) is 4.50. The number of para-hydroxylation sites is 1. The molecule has 0 radical (unpaired) electrons. The second-order valence-corrected chi connectivity index (χ2v) is 7.25. The summed E-state index contributed by atoms with van der Waals surface area (Å²) in [5, 5.41) is 9.89. The third kappa shape index (κ3) is 2.26. The summed E-state index contributed by atoms with van der Waals surface area (Å²) in [6, 6.07) is 14.4. The van der Waals surface area contributed by atoms with Gasteiger partial charge >= 0.3 is 0 Å². The van der Waals surface area contributed by atoms with Crippen LogP contribution in [0.25, 0.3) is 15.9 Å². The number of benzene rings is 1. The normalized spacial score (nSPS) is 18.5. The van der Waals surface area contributed by atoms with Crippen LogP contribution in [0.3, 0.4) is 0 Å². The van der Waals surface area contributed by atoms with Crippen molar-refractivity contribution in [3.05, 3.63) is 54.5 Å². The fraction of sp³-hybridized carbons (Fsp3) is 0.278. The van der Waals surface area contributed by atoms with Crippen LogP contribution in [0, 0.1) is 0 Å². The molecule has 0 bridgehead atoms. The molecule has 0 amide bonds. The molecule has 1 atom stereocenters. The van der Waals surface area contributed by atoms with Crippen LogP contribution < -0.4 is 4.90 Å². The first-order valence-electron chi connectivity index (χ1n) is 8.29. The third-order valence-electron chi connectivity index (χ3n) is 4.68. The lowest BCUT2D eigenvalue weighted by molar-refractivity contribution is 0.488. The SMILES string of the molecule is c1ccc2sc(N3CCCC(c4nnc5ccccn45)C3)nc2c1. The highest BCUT2D eigenvalue weighted by Crippen LogP contribution is 2.33. The molecular weight excluding hydrogens is 318 g/mol. The average Bonchev–Trinajstić information content (AvgIpc) is 3.26. The van der Waals surface area contributed by atoms with E-state index in [0.717, 1.165) is 48.1 Å². The second-order valence-electron chi connectivity index (χ2n) is 6.24. The molecular formula is C18H17N5S. The van der Waals surface area contributed by atoms with Crippen molar-refractivity contribution in [2.24, 2.45) is 0 Å². The molecule has 1 unspecified atom stereocenters. The van der Waals surface area contributed by atoms with E-state index in [4.69, 9.17) is 4.98 Å². The van der Waals surface area contributed by atoms with Crippen molar-refractivity contribution >= 4 is 32.3 Å². The molecule has 6 heteroatoms. The maximum Gasteiger partial charge on any atom is 0.186 e. The quantitative estimate of drug-likeness (QED) is 0.560. The molecule has 0 spiro atoms. The van der Waals surface area contributed by atoms with Gasteiger partial charge in [0.15, 0.2) is 10.8 Å². The van der Waals surface area contributed by atoms with Crippen LogP contribution in [-0.2, 0) is 0 Å². The van der Waals surface area contributed by atoms with Crippen molar-refractivity contribution in [1.82, 2.24) is 19.6 Å². The molecule has 1 fully saturated rings. The van der Waals surface area contributed by atoms with E-state index in [-0.39, 0.29) is 0 Å². The Kier molecular flexibility index (Phi) is 3.23. The van der Waals surface area contributed by atoms with Gasteiger partial charge in [0.2, 0.25) is 0 Å². The number of rotatable bonds is 2. The van der Waals surface area contributed by atoms with E-state index in [9.17, 15) is 0 Å². The van der Waals surface area contributed by atoms with Gasteiger partial charge in [-0.05, 0) is 37.1 Å². The fourth-order valence-electron chi connectivity index (χ4n) is 3.50. The van der Waals surface area contributed by atoms with Crippen LogP contribution in [0.5, 0.6) is 0 Å². The molecule has 0 N–H and O–H groups in total. The number of fused-ring (bicyclic) bond motifs is 2. The first-order chi connectivity index (χ1) is 11.9. The Balaban J connectivity index is 1.47. The number of thiazole rings is 1. The Morgan fingerprint density at radius 3 is 2.92 bits per heavy atom. The van der Waals surface area contributed by atoms with E-state index in [1.807, 2.05) is 24.3 Å². The van der Waals surface area contributed by atoms with E-state index in [2.05, 4.69) is 43.9 Å². The van der Waals surface area contributed by atoms with Gasteiger partial charge in [-0.25, -0.2) is 4.98 Å². The maximum absolute atomic E-state index is 4.82. The van der Waals surface area contributed by atoms with Crippen molar-refractivity contribution in [2.45, 2.75) is 18.8 Å². The highest BCUT2D eigenvalue weighted by Gasteiger charge is 2.26. The molecule has 1 aliphatic heterocycles. The van der Waals surface area contributed by atoms with E-state index in [1.54, 1.807) is 11.3 Å². The number of piperidine rings is 1. The summed E-state index contributed by atoms with van der Waals surface area (Å²) in [6.07, 6.45) is 4.36. The van der Waals surface area contributed by atoms with Crippen molar-refractivity contribution in [3.63, 3.8) is 0 Å². The summed E-state index contributed by atoms with van der Waals surface area (Å²) >= 11 is 1.78. The molecule has 1 aromatic carbocycles. The number of nitrogens with zero attached hydrogens (tertiary/aromatic N) is 5. The van der Waals surface area contributed by atoms with E-state index in [0.29, 0.717) is 5.92 Å². The summed E-state index contributed by atoms with van der Waals surface area (Å²) < 4.78 is 3.37. The van der Waals surface area contributed by atoms with Crippen LogP contribution in [-0.4, -0.2) is 32.7 Å². The van der Waals surface area contributed by atoms with Gasteiger partial charge in [0.1, 0.15) is 5.82 Å². The first-order valence-corrected chi connectivity index (χ1v) is 9.10. The Morgan fingerprint density at radius 2 is 1.96 bits per heavy atom. The third-order valence-corrected chi connectivity index (χ3v) is 5.78. The smallest absolute Gasteiger partial charge is 0.186 e. The molecule has 1 saturated heterocycles. The van der Waals surface area contributed by atoms with Gasteiger partial charge in [-0.15, -0.1) is 10.2 Å². The number of hydrogen-bond acceptors (Lipinski definition) is 5. The van der Waals surface area contributed by atoms with Crippen molar-refractivity contribution in [1.29, 1.82) is 0 Å². The second kappa shape index (κ2) is 5.56. The van der Waals surface area contributed by atoms with E-state index in [1.165, 1.54) is 4.70 Å². The van der Waals surface area contributed by atoms with Gasteiger partial charge in [0, 0.05) is 25.2 Å². The molecule has 120 valence electrons. The van der Waals surface area contributed by atoms with Crippen LogP contribution in [0.4, 0.5) is 5.13 Å². The monoisotopic (exact) mass is 335 g/mol. The molecule has 5 nitrogen and oxygen atoms in total. The van der Waals surface area contributed by atoms with Crippen LogP contribution in [0.1, 0.15) is 24.6 Å². The van der Waals surface area contributed by atoms with E-state index < -0.39 is 0 Å². The van der Waals surface area contributed by atoms with Crippen LogP contribution in [0.2, 0.25) is 0 Å². The number of anilines is 1. The lowest BCUT2D eigenvalue weighted by Crippen LogP contribution is -2.35. The minimum atomic E-state index is 0.392. The zero-order valence-electron chi connectivity index (χ0n) is 13.2. The highest BCUT2D eigenvalue weighted by molar-refractivity contribution is 7.22. The summed E-state index contributed by atoms with van der Waals surface area (Å²) in [5.74, 6) is 1.46. The predicted molar refractivity (Wildman–Crippen MR) is 96.8 cm³/mol. The summed E-state index contributed by atoms with van der Waals surface area (Å²) in [4.78, 5) is 7.22. The van der Waals surface area contributed by atoms with Gasteiger partial charge in [0.05, 0.1) is 10.2 Å². The Hall–Kier alpha value is -2.47. The summed E-state index contributed by atoms with van der Waals surface area (Å²) in [5.41, 5.74) is 2.01. The van der Waals surface area contributed by atoms with Gasteiger partial charge in [-0.2, -0.15) is 0 Å². The molecule has 1 aliphatic rings. The van der Waals surface area contributed by atoms with Crippen LogP contribution in [0.15, 0.2) is 48.7 Å². The molecule has 0 saturated carbocycles. The first kappa shape index (κ1) is 13.9. The summed E-state index contributed by atoms with van der Waals surface area (Å²) in [6.45, 7) is 2.02. The standard InChI is InChI=1S/C18H17N5S/c1-2-8-15-14(7-1)19-18(24-15)22-10-5-6-13(12-22)17-21-20-16-9-3-4-11-23(16)17/h1-4,7-9,11,13H,5-6,10,12H2. The van der Waals surface area contributed by atoms with Crippen molar-refractivity contribution in [2.75, 3.05) is 18.0 Å². The number of hydrogen-bond donors (Lipinski definition) is 0. The zero-order valence-corrected chi connectivity index (χ0v) is 14.0. The topological polar surface area (TPSA) is 46.3 Å². The average molecular weight is 335 g/mol. The van der Waals surface area contributed by atoms with Gasteiger partial charge in [-0.1, -0.05) is 29.5 Å². The lowest BCUT2D eigenvalue weighted by Gasteiger charge is -2.31. The van der Waals surface area contributed by atoms with Gasteiger partial charge < -0.3 is 4.90 Å². The van der Waals surface area contributed by atoms with Crippen LogP contribution >= 0.6 is 11.3 Å². The van der Waals surface area contributed by atoms with Gasteiger partial charge in [0.25, 0.3) is 0 Å². The lowest BCUT2D eigenvalue weighted by atomic mass is 9.97. The van der Waals surface area contributed by atoms with Crippen molar-refractivity contribution in [3.8, 4) is 0 Å². The molecule has 24 heavy (non-hydrogen) atoms. The minimum absolute atomic E-state index is 0.392. The van der Waals surface area contributed by atoms with E-state index >= 15 is 0 Å². The summed E-state index contributed by atoms with van der Waals surface area (Å²) in [7, 11) is 0. The molecule has 4 heterocycles. The Morgan fingerprint density at radius 1 is 1.04 bits per heavy atom. The number of aromatic nitrogens is 4.